The van der Waals surface area contributed by atoms with Gasteiger partial charge >= 0.3 is 0 Å². The Bertz CT molecular complexity index is 467. The Labute approximate surface area is 125 Å². The van der Waals surface area contributed by atoms with Gasteiger partial charge in [-0.3, -0.25) is 4.79 Å². The van der Waals surface area contributed by atoms with E-state index in [2.05, 4.69) is 11.9 Å². The van der Waals surface area contributed by atoms with E-state index in [1.807, 2.05) is 31.3 Å². The highest BCUT2D eigenvalue weighted by molar-refractivity contribution is 6.30. The van der Waals surface area contributed by atoms with Gasteiger partial charge in [0.1, 0.15) is 0 Å². The van der Waals surface area contributed by atoms with E-state index in [0.717, 1.165) is 25.3 Å². The van der Waals surface area contributed by atoms with E-state index in [4.69, 9.17) is 16.3 Å². The molecular weight excluding hydrogens is 276 g/mol. The summed E-state index contributed by atoms with van der Waals surface area (Å²) in [5, 5.41) is 0.662. The highest BCUT2D eigenvalue weighted by Crippen LogP contribution is 2.12. The third-order valence-electron chi connectivity index (χ3n) is 3.49. The highest BCUT2D eigenvalue weighted by Gasteiger charge is 2.21. The fraction of sp³-hybridized carbons (Fsp3) is 0.533. The predicted molar refractivity (Wildman–Crippen MR) is 80.0 cm³/mol. The molecule has 1 atom stereocenters. The van der Waals surface area contributed by atoms with Crippen LogP contribution in [0.2, 0.25) is 5.02 Å². The first kappa shape index (κ1) is 15.3. The van der Waals surface area contributed by atoms with Crippen molar-refractivity contribution in [1.82, 2.24) is 9.80 Å². The summed E-state index contributed by atoms with van der Waals surface area (Å²) in [4.78, 5) is 16.2. The fourth-order valence-electron chi connectivity index (χ4n) is 2.34. The largest absolute Gasteiger partial charge is 0.374 e. The maximum absolute atomic E-state index is 12.2. The molecule has 0 spiro atoms. The molecular formula is C15H21ClN2O2. The molecule has 1 aliphatic rings. The summed E-state index contributed by atoms with van der Waals surface area (Å²) in [5.74, 6) is 0.0871. The van der Waals surface area contributed by atoms with Crippen LogP contribution in [-0.2, 0) is 16.0 Å². The van der Waals surface area contributed by atoms with Gasteiger partial charge in [0.2, 0.25) is 5.91 Å². The third-order valence-corrected chi connectivity index (χ3v) is 3.72. The molecule has 0 radical (unpaired) electrons. The SMILES string of the molecule is CN1CCOC(CN(C)C(=O)Cc2cccc(Cl)c2)C1. The summed E-state index contributed by atoms with van der Waals surface area (Å²) >= 11 is 5.93. The van der Waals surface area contributed by atoms with Crippen LogP contribution in [0.15, 0.2) is 24.3 Å². The number of carbonyl (C=O) groups excluding carboxylic acids is 1. The van der Waals surface area contributed by atoms with E-state index in [1.165, 1.54) is 0 Å². The van der Waals surface area contributed by atoms with Crippen molar-refractivity contribution in [2.45, 2.75) is 12.5 Å². The molecule has 5 heteroatoms. The van der Waals surface area contributed by atoms with Gasteiger partial charge < -0.3 is 14.5 Å². The molecule has 20 heavy (non-hydrogen) atoms. The second kappa shape index (κ2) is 7.07. The number of amides is 1. The average molecular weight is 297 g/mol. The van der Waals surface area contributed by atoms with Crippen LogP contribution in [0, 0.1) is 0 Å². The van der Waals surface area contributed by atoms with Crippen molar-refractivity contribution in [3.05, 3.63) is 34.9 Å². The summed E-state index contributed by atoms with van der Waals surface area (Å²) < 4.78 is 5.68. The lowest BCUT2D eigenvalue weighted by molar-refractivity contribution is -0.132. The van der Waals surface area contributed by atoms with Crippen LogP contribution < -0.4 is 0 Å². The number of benzene rings is 1. The zero-order valence-corrected chi connectivity index (χ0v) is 12.8. The first-order valence-electron chi connectivity index (χ1n) is 6.83. The maximum atomic E-state index is 12.2. The van der Waals surface area contributed by atoms with Gasteiger partial charge in [0.05, 0.1) is 19.1 Å². The molecule has 1 fully saturated rings. The molecule has 1 amide bonds. The highest BCUT2D eigenvalue weighted by atomic mass is 35.5. The van der Waals surface area contributed by atoms with Gasteiger partial charge in [-0.1, -0.05) is 23.7 Å². The minimum Gasteiger partial charge on any atom is -0.374 e. The smallest absolute Gasteiger partial charge is 0.226 e. The summed E-state index contributed by atoms with van der Waals surface area (Å²) in [5.41, 5.74) is 0.941. The van der Waals surface area contributed by atoms with Crippen molar-refractivity contribution < 1.29 is 9.53 Å². The summed E-state index contributed by atoms with van der Waals surface area (Å²) in [7, 11) is 3.90. The number of rotatable bonds is 4. The van der Waals surface area contributed by atoms with Crippen LogP contribution in [0.5, 0.6) is 0 Å². The molecule has 4 nitrogen and oxygen atoms in total. The lowest BCUT2D eigenvalue weighted by Gasteiger charge is -2.32. The Morgan fingerprint density at radius 2 is 2.35 bits per heavy atom. The van der Waals surface area contributed by atoms with Crippen LogP contribution in [0.4, 0.5) is 0 Å². The Morgan fingerprint density at radius 3 is 3.05 bits per heavy atom. The van der Waals surface area contributed by atoms with Gasteiger partial charge in [-0.05, 0) is 24.7 Å². The number of hydrogen-bond donors (Lipinski definition) is 0. The maximum Gasteiger partial charge on any atom is 0.226 e. The molecule has 110 valence electrons. The number of likely N-dealkylation sites (N-methyl/N-ethyl adjacent to an activating group) is 2. The molecule has 2 rings (SSSR count). The molecule has 1 unspecified atom stereocenters. The van der Waals surface area contributed by atoms with Gasteiger partial charge in [-0.15, -0.1) is 0 Å². The molecule has 0 aliphatic carbocycles. The predicted octanol–water partition coefficient (Wildman–Crippen LogP) is 1.67. The number of nitrogens with zero attached hydrogens (tertiary/aromatic N) is 2. The number of hydrogen-bond acceptors (Lipinski definition) is 3. The van der Waals surface area contributed by atoms with Gasteiger partial charge in [0.15, 0.2) is 0 Å². The topological polar surface area (TPSA) is 32.8 Å². The van der Waals surface area contributed by atoms with Gasteiger partial charge in [-0.25, -0.2) is 0 Å². The Kier molecular flexibility index (Phi) is 5.40. The normalized spacial score (nSPS) is 19.9. The number of carbonyl (C=O) groups is 1. The molecule has 0 aromatic heterocycles. The van der Waals surface area contributed by atoms with Gasteiger partial charge in [0.25, 0.3) is 0 Å². The molecule has 1 aromatic carbocycles. The molecule has 1 saturated heterocycles. The molecule has 0 saturated carbocycles. The van der Waals surface area contributed by atoms with E-state index in [9.17, 15) is 4.79 Å². The van der Waals surface area contributed by atoms with Gasteiger partial charge in [-0.2, -0.15) is 0 Å². The molecule has 0 bridgehead atoms. The number of morpholine rings is 1. The van der Waals surface area contributed by atoms with Crippen molar-refractivity contribution in [2.24, 2.45) is 0 Å². The second-order valence-corrected chi connectivity index (χ2v) is 5.77. The Hall–Kier alpha value is -1.10. The second-order valence-electron chi connectivity index (χ2n) is 5.34. The molecule has 0 N–H and O–H groups in total. The minimum absolute atomic E-state index is 0.0871. The third kappa shape index (κ3) is 4.47. The Balaban J connectivity index is 1.85. The summed E-state index contributed by atoms with van der Waals surface area (Å²) in [6, 6.07) is 7.43. The van der Waals surface area contributed by atoms with E-state index in [0.29, 0.717) is 18.0 Å². The number of ether oxygens (including phenoxy) is 1. The zero-order chi connectivity index (χ0) is 14.5. The lowest BCUT2D eigenvalue weighted by Crippen LogP contribution is -2.46. The van der Waals surface area contributed by atoms with Crippen molar-refractivity contribution in [1.29, 1.82) is 0 Å². The Morgan fingerprint density at radius 1 is 1.55 bits per heavy atom. The van der Waals surface area contributed by atoms with E-state index >= 15 is 0 Å². The van der Waals surface area contributed by atoms with E-state index < -0.39 is 0 Å². The van der Waals surface area contributed by atoms with E-state index in [1.54, 1.807) is 4.90 Å². The van der Waals surface area contributed by atoms with Crippen LogP contribution in [0.25, 0.3) is 0 Å². The van der Waals surface area contributed by atoms with Crippen LogP contribution in [0.1, 0.15) is 5.56 Å². The minimum atomic E-state index is 0.0871. The molecule has 1 heterocycles. The van der Waals surface area contributed by atoms with Crippen molar-refractivity contribution in [3.8, 4) is 0 Å². The first-order valence-corrected chi connectivity index (χ1v) is 7.21. The number of halogens is 1. The monoisotopic (exact) mass is 296 g/mol. The van der Waals surface area contributed by atoms with Crippen LogP contribution in [0.3, 0.4) is 0 Å². The average Bonchev–Trinajstić information content (AvgIpc) is 2.38. The fourth-order valence-corrected chi connectivity index (χ4v) is 2.55. The summed E-state index contributed by atoms with van der Waals surface area (Å²) in [6.07, 6.45) is 0.474. The zero-order valence-electron chi connectivity index (χ0n) is 12.0. The van der Waals surface area contributed by atoms with Crippen LogP contribution >= 0.6 is 11.6 Å². The summed E-state index contributed by atoms with van der Waals surface area (Å²) in [6.45, 7) is 3.19. The molecule has 1 aromatic rings. The quantitative estimate of drug-likeness (QED) is 0.847. The van der Waals surface area contributed by atoms with Crippen molar-refractivity contribution >= 4 is 17.5 Å². The lowest BCUT2D eigenvalue weighted by atomic mass is 10.1. The van der Waals surface area contributed by atoms with Gasteiger partial charge in [0, 0.05) is 31.7 Å². The van der Waals surface area contributed by atoms with E-state index in [-0.39, 0.29) is 12.0 Å². The van der Waals surface area contributed by atoms with Crippen LogP contribution in [-0.4, -0.2) is 62.1 Å². The van der Waals surface area contributed by atoms with Crippen molar-refractivity contribution in [3.63, 3.8) is 0 Å². The van der Waals surface area contributed by atoms with Crippen molar-refractivity contribution in [2.75, 3.05) is 40.3 Å². The first-order chi connectivity index (χ1) is 9.54. The molecule has 1 aliphatic heterocycles. The standard InChI is InChI=1S/C15H21ClN2O2/c1-17-6-7-20-14(10-17)11-18(2)15(19)9-12-4-3-5-13(16)8-12/h3-5,8,14H,6-7,9-11H2,1-2H3.